The minimum Gasteiger partial charge on any atom is -0.316 e. The molecule has 0 aliphatic heterocycles. The van der Waals surface area contributed by atoms with E-state index in [1.165, 1.54) is 31.3 Å². The van der Waals surface area contributed by atoms with E-state index in [1.54, 1.807) is 0 Å². The fourth-order valence-electron chi connectivity index (χ4n) is 2.37. The molecule has 76 valence electrons. The Balaban J connectivity index is 2.38. The molecule has 0 heterocycles. The predicted octanol–water partition coefficient (Wildman–Crippen LogP) is 2.98. The van der Waals surface area contributed by atoms with Crippen molar-refractivity contribution in [3.05, 3.63) is 11.6 Å². The molecular formula is C12H23N. The molecule has 1 heteroatoms. The zero-order valence-electron chi connectivity index (χ0n) is 9.27. The van der Waals surface area contributed by atoms with E-state index in [2.05, 4.69) is 25.2 Å². The lowest BCUT2D eigenvalue weighted by atomic mass is 9.82. The van der Waals surface area contributed by atoms with Gasteiger partial charge in [-0.25, -0.2) is 0 Å². The van der Waals surface area contributed by atoms with Crippen molar-refractivity contribution < 1.29 is 0 Å². The molecule has 0 amide bonds. The molecule has 0 bridgehead atoms. The zero-order chi connectivity index (χ0) is 9.68. The summed E-state index contributed by atoms with van der Waals surface area (Å²) < 4.78 is 0. The summed E-state index contributed by atoms with van der Waals surface area (Å²) in [5.41, 5.74) is 1.50. The monoisotopic (exact) mass is 181 g/mol. The molecule has 13 heavy (non-hydrogen) atoms. The number of hydrogen-bond acceptors (Lipinski definition) is 1. The second kappa shape index (κ2) is 5.43. The molecule has 1 nitrogen and oxygen atoms in total. The molecule has 1 aliphatic rings. The average molecular weight is 181 g/mol. The molecule has 1 rings (SSSR count). The van der Waals surface area contributed by atoms with E-state index in [9.17, 15) is 0 Å². The standard InChI is InChI=1S/C12H23N/c1-10-5-4-6-12(7-10)8-11(2)9-13-3/h8,10,12-13H,4-7,9H2,1-3H3/b11-8+. The van der Waals surface area contributed by atoms with Crippen molar-refractivity contribution in [2.45, 2.75) is 39.5 Å². The van der Waals surface area contributed by atoms with Gasteiger partial charge in [-0.1, -0.05) is 31.4 Å². The van der Waals surface area contributed by atoms with Crippen LogP contribution in [0.2, 0.25) is 0 Å². The third-order valence-electron chi connectivity index (χ3n) is 2.95. The molecular weight excluding hydrogens is 158 g/mol. The Bertz CT molecular complexity index is 172. The Morgan fingerprint density at radius 3 is 2.85 bits per heavy atom. The Morgan fingerprint density at radius 2 is 2.23 bits per heavy atom. The molecule has 2 atom stereocenters. The van der Waals surface area contributed by atoms with Crippen LogP contribution in [0.5, 0.6) is 0 Å². The summed E-state index contributed by atoms with van der Waals surface area (Å²) in [5.74, 6) is 1.80. The second-order valence-corrected chi connectivity index (χ2v) is 4.58. The maximum absolute atomic E-state index is 3.20. The van der Waals surface area contributed by atoms with Gasteiger partial charge in [-0.15, -0.1) is 0 Å². The molecule has 1 N–H and O–H groups in total. The van der Waals surface area contributed by atoms with E-state index >= 15 is 0 Å². The van der Waals surface area contributed by atoms with Crippen LogP contribution in [0.15, 0.2) is 11.6 Å². The molecule has 0 spiro atoms. The van der Waals surface area contributed by atoms with Gasteiger partial charge in [0, 0.05) is 6.54 Å². The lowest BCUT2D eigenvalue weighted by molar-refractivity contribution is 0.324. The number of hydrogen-bond donors (Lipinski definition) is 1. The molecule has 1 fully saturated rings. The van der Waals surface area contributed by atoms with E-state index in [0.29, 0.717) is 0 Å². The van der Waals surface area contributed by atoms with Crippen LogP contribution in [-0.4, -0.2) is 13.6 Å². The smallest absolute Gasteiger partial charge is 0.0158 e. The number of likely N-dealkylation sites (N-methyl/N-ethyl adjacent to an activating group) is 1. The number of allylic oxidation sites excluding steroid dienone is 1. The molecule has 1 saturated carbocycles. The van der Waals surface area contributed by atoms with Crippen LogP contribution >= 0.6 is 0 Å². The van der Waals surface area contributed by atoms with Gasteiger partial charge in [-0.3, -0.25) is 0 Å². The predicted molar refractivity (Wildman–Crippen MR) is 58.8 cm³/mol. The summed E-state index contributed by atoms with van der Waals surface area (Å²) in [5, 5.41) is 3.20. The maximum atomic E-state index is 3.20. The van der Waals surface area contributed by atoms with Crippen LogP contribution in [0.1, 0.15) is 39.5 Å². The molecule has 0 aromatic heterocycles. The van der Waals surface area contributed by atoms with Crippen LogP contribution in [0.4, 0.5) is 0 Å². The van der Waals surface area contributed by atoms with E-state index in [-0.39, 0.29) is 0 Å². The SMILES string of the molecule is CNC/C(C)=C/C1CCCC(C)C1. The first-order valence-electron chi connectivity index (χ1n) is 5.54. The molecule has 1 aliphatic carbocycles. The Labute approximate surface area is 82.6 Å². The minimum atomic E-state index is 0.858. The van der Waals surface area contributed by atoms with E-state index in [0.717, 1.165) is 18.4 Å². The molecule has 0 aromatic carbocycles. The summed E-state index contributed by atoms with van der Waals surface area (Å²) in [6.45, 7) is 5.66. The Hall–Kier alpha value is -0.300. The minimum absolute atomic E-state index is 0.858. The van der Waals surface area contributed by atoms with Gasteiger partial charge in [-0.2, -0.15) is 0 Å². The fourth-order valence-corrected chi connectivity index (χ4v) is 2.37. The van der Waals surface area contributed by atoms with E-state index in [4.69, 9.17) is 0 Å². The Kier molecular flexibility index (Phi) is 4.51. The van der Waals surface area contributed by atoms with Gasteiger partial charge in [0.25, 0.3) is 0 Å². The molecule has 0 aromatic rings. The van der Waals surface area contributed by atoms with Gasteiger partial charge < -0.3 is 5.32 Å². The molecule has 0 radical (unpaired) electrons. The van der Waals surface area contributed by atoms with Crippen molar-refractivity contribution >= 4 is 0 Å². The highest BCUT2D eigenvalue weighted by molar-refractivity contribution is 5.03. The van der Waals surface area contributed by atoms with Gasteiger partial charge in [0.05, 0.1) is 0 Å². The third kappa shape index (κ3) is 3.95. The quantitative estimate of drug-likeness (QED) is 0.660. The first-order valence-corrected chi connectivity index (χ1v) is 5.54. The number of rotatable bonds is 3. The number of nitrogens with one attached hydrogen (secondary N) is 1. The summed E-state index contributed by atoms with van der Waals surface area (Å²) >= 11 is 0. The highest BCUT2D eigenvalue weighted by Gasteiger charge is 2.16. The average Bonchev–Trinajstić information content (AvgIpc) is 2.04. The van der Waals surface area contributed by atoms with Gasteiger partial charge in [0.1, 0.15) is 0 Å². The lowest BCUT2D eigenvalue weighted by Crippen LogP contribution is -2.14. The van der Waals surface area contributed by atoms with E-state index < -0.39 is 0 Å². The van der Waals surface area contributed by atoms with Gasteiger partial charge >= 0.3 is 0 Å². The van der Waals surface area contributed by atoms with Crippen molar-refractivity contribution in [1.29, 1.82) is 0 Å². The van der Waals surface area contributed by atoms with Gasteiger partial charge in [0.15, 0.2) is 0 Å². The van der Waals surface area contributed by atoms with Crippen LogP contribution in [0, 0.1) is 11.8 Å². The lowest BCUT2D eigenvalue weighted by Gasteiger charge is -2.24. The summed E-state index contributed by atoms with van der Waals surface area (Å²) in [4.78, 5) is 0. The highest BCUT2D eigenvalue weighted by atomic mass is 14.8. The first-order chi connectivity index (χ1) is 6.22. The van der Waals surface area contributed by atoms with Crippen molar-refractivity contribution in [3.8, 4) is 0 Å². The Morgan fingerprint density at radius 1 is 1.46 bits per heavy atom. The van der Waals surface area contributed by atoms with E-state index in [1.807, 2.05) is 7.05 Å². The van der Waals surface area contributed by atoms with Gasteiger partial charge in [-0.05, 0) is 38.6 Å². The normalized spacial score (nSPS) is 30.5. The summed E-state index contributed by atoms with van der Waals surface area (Å²) in [6.07, 6.45) is 8.16. The van der Waals surface area contributed by atoms with Gasteiger partial charge in [0.2, 0.25) is 0 Å². The zero-order valence-corrected chi connectivity index (χ0v) is 9.27. The van der Waals surface area contributed by atoms with Crippen molar-refractivity contribution in [2.75, 3.05) is 13.6 Å². The second-order valence-electron chi connectivity index (χ2n) is 4.58. The highest BCUT2D eigenvalue weighted by Crippen LogP contribution is 2.29. The third-order valence-corrected chi connectivity index (χ3v) is 2.95. The largest absolute Gasteiger partial charge is 0.316 e. The van der Waals surface area contributed by atoms with Crippen molar-refractivity contribution in [1.82, 2.24) is 5.32 Å². The molecule has 2 unspecified atom stereocenters. The van der Waals surface area contributed by atoms with Crippen molar-refractivity contribution in [3.63, 3.8) is 0 Å². The maximum Gasteiger partial charge on any atom is 0.0158 e. The van der Waals surface area contributed by atoms with Crippen LogP contribution in [0.25, 0.3) is 0 Å². The topological polar surface area (TPSA) is 12.0 Å². The van der Waals surface area contributed by atoms with Crippen LogP contribution in [0.3, 0.4) is 0 Å². The van der Waals surface area contributed by atoms with Crippen LogP contribution < -0.4 is 5.32 Å². The summed E-state index contributed by atoms with van der Waals surface area (Å²) in [6, 6.07) is 0. The summed E-state index contributed by atoms with van der Waals surface area (Å²) in [7, 11) is 2.01. The fraction of sp³-hybridized carbons (Fsp3) is 0.833. The van der Waals surface area contributed by atoms with Crippen molar-refractivity contribution in [2.24, 2.45) is 11.8 Å². The van der Waals surface area contributed by atoms with Crippen LogP contribution in [-0.2, 0) is 0 Å². The first kappa shape index (κ1) is 10.8. The molecule has 0 saturated heterocycles.